The highest BCUT2D eigenvalue weighted by atomic mass is 79.9. The smallest absolute Gasteiger partial charge is 0.322 e. The summed E-state index contributed by atoms with van der Waals surface area (Å²) in [5.74, 6) is -3.87. The minimum atomic E-state index is -3.15. The summed E-state index contributed by atoms with van der Waals surface area (Å²) < 4.78 is 44.8. The predicted molar refractivity (Wildman–Crippen MR) is 101 cm³/mol. The van der Waals surface area contributed by atoms with Crippen LogP contribution in [-0.4, -0.2) is 42.9 Å². The average Bonchev–Trinajstić information content (AvgIpc) is 2.95. The molecular formula is C18H19BrF3N5O2. The average molecular weight is 474 g/mol. The van der Waals surface area contributed by atoms with E-state index in [1.807, 2.05) is 0 Å². The van der Waals surface area contributed by atoms with Gasteiger partial charge in [-0.25, -0.2) is 14.2 Å². The quantitative estimate of drug-likeness (QED) is 0.621. The number of aromatic nitrogens is 3. The molecule has 2 aromatic rings. The lowest BCUT2D eigenvalue weighted by Gasteiger charge is -2.33. The molecule has 2 aromatic heterocycles. The third-order valence-electron chi connectivity index (χ3n) is 5.35. The summed E-state index contributed by atoms with van der Waals surface area (Å²) in [6, 6.07) is 0.394. The van der Waals surface area contributed by atoms with Crippen LogP contribution in [0.4, 0.5) is 23.7 Å². The molecule has 4 rings (SSSR count). The molecule has 7 nitrogen and oxygen atoms in total. The minimum absolute atomic E-state index is 0.00520. The molecule has 0 spiro atoms. The van der Waals surface area contributed by atoms with Gasteiger partial charge >= 0.3 is 6.03 Å². The van der Waals surface area contributed by atoms with Crippen molar-refractivity contribution in [2.75, 3.05) is 5.32 Å². The summed E-state index contributed by atoms with van der Waals surface area (Å²) in [7, 11) is 0. The van der Waals surface area contributed by atoms with Gasteiger partial charge < -0.3 is 15.3 Å². The maximum Gasteiger partial charge on any atom is 0.322 e. The van der Waals surface area contributed by atoms with Crippen molar-refractivity contribution in [3.63, 3.8) is 0 Å². The van der Waals surface area contributed by atoms with Crippen molar-refractivity contribution in [2.45, 2.75) is 57.3 Å². The summed E-state index contributed by atoms with van der Waals surface area (Å²) in [4.78, 5) is 17.9. The van der Waals surface area contributed by atoms with Gasteiger partial charge in [0.25, 0.3) is 5.92 Å². The molecule has 29 heavy (non-hydrogen) atoms. The van der Waals surface area contributed by atoms with Gasteiger partial charge in [0.15, 0.2) is 5.82 Å². The van der Waals surface area contributed by atoms with Crippen molar-refractivity contribution in [1.29, 1.82) is 0 Å². The molecule has 4 heterocycles. The van der Waals surface area contributed by atoms with Crippen molar-refractivity contribution in [2.24, 2.45) is 0 Å². The van der Waals surface area contributed by atoms with Crippen LogP contribution in [0.1, 0.15) is 36.7 Å². The number of rotatable bonds is 1. The Bertz CT molecular complexity index is 967. The van der Waals surface area contributed by atoms with E-state index in [1.54, 1.807) is 6.92 Å². The van der Waals surface area contributed by atoms with Gasteiger partial charge in [-0.3, -0.25) is 4.68 Å². The third-order valence-corrected chi connectivity index (χ3v) is 5.91. The maximum absolute atomic E-state index is 14.8. The van der Waals surface area contributed by atoms with E-state index >= 15 is 0 Å². The fourth-order valence-corrected chi connectivity index (χ4v) is 4.20. The number of anilines is 1. The number of aliphatic hydroxyl groups excluding tert-OH is 1. The van der Waals surface area contributed by atoms with Crippen molar-refractivity contribution in [3.05, 3.63) is 39.6 Å². The Hall–Kier alpha value is -2.14. The Morgan fingerprint density at radius 3 is 2.97 bits per heavy atom. The number of carbonyl (C=O) groups is 1. The summed E-state index contributed by atoms with van der Waals surface area (Å²) in [6.07, 6.45) is 0.224. The van der Waals surface area contributed by atoms with Gasteiger partial charge in [0.1, 0.15) is 10.3 Å². The van der Waals surface area contributed by atoms with Gasteiger partial charge in [-0.2, -0.15) is 13.9 Å². The highest BCUT2D eigenvalue weighted by Gasteiger charge is 2.44. The van der Waals surface area contributed by atoms with Crippen molar-refractivity contribution in [3.8, 4) is 0 Å². The van der Waals surface area contributed by atoms with Crippen LogP contribution in [0.25, 0.3) is 0 Å². The normalized spacial score (nSPS) is 23.2. The standard InChI is InChI=1S/C18H19BrF3N5O2/c1-9-6-13-11(15-18(21,22)4-2-10(28)7-27(15)25-13)8-26(9)17(29)24-12-3-5-23-16(19)14(12)20/h3,5,9-10,28H,2,4,6-8H2,1H3,(H,23,24,29)/t9-,10-/m1/s1. The zero-order valence-electron chi connectivity index (χ0n) is 15.5. The topological polar surface area (TPSA) is 83.3 Å². The summed E-state index contributed by atoms with van der Waals surface area (Å²) >= 11 is 2.96. The van der Waals surface area contributed by atoms with Gasteiger partial charge in [-0.05, 0) is 35.3 Å². The van der Waals surface area contributed by atoms with Gasteiger partial charge in [0, 0.05) is 30.6 Å². The molecule has 11 heteroatoms. The first-order valence-corrected chi connectivity index (χ1v) is 9.99. The molecule has 2 amide bonds. The zero-order chi connectivity index (χ0) is 20.9. The number of aliphatic hydroxyl groups is 1. The van der Waals surface area contributed by atoms with E-state index in [2.05, 4.69) is 31.3 Å². The third kappa shape index (κ3) is 3.61. The first-order valence-electron chi connectivity index (χ1n) is 9.20. The van der Waals surface area contributed by atoms with Crippen molar-refractivity contribution in [1.82, 2.24) is 19.7 Å². The molecular weight excluding hydrogens is 455 g/mol. The van der Waals surface area contributed by atoms with Crippen LogP contribution in [0.5, 0.6) is 0 Å². The summed E-state index contributed by atoms with van der Waals surface area (Å²) in [5, 5.41) is 16.7. The molecule has 156 valence electrons. The van der Waals surface area contributed by atoms with Crippen LogP contribution in [0.15, 0.2) is 16.9 Å². The molecule has 2 aliphatic rings. The highest BCUT2D eigenvalue weighted by molar-refractivity contribution is 9.10. The Morgan fingerprint density at radius 2 is 2.21 bits per heavy atom. The van der Waals surface area contributed by atoms with Gasteiger partial charge in [-0.15, -0.1) is 0 Å². The maximum atomic E-state index is 14.8. The number of fused-ring (bicyclic) bond motifs is 3. The number of amides is 2. The Kier molecular flexibility index (Phi) is 5.06. The highest BCUT2D eigenvalue weighted by Crippen LogP contribution is 2.41. The van der Waals surface area contributed by atoms with Gasteiger partial charge in [0.05, 0.1) is 30.6 Å². The monoisotopic (exact) mass is 473 g/mol. The van der Waals surface area contributed by atoms with Gasteiger partial charge in [0.2, 0.25) is 0 Å². The number of alkyl halides is 2. The summed E-state index contributed by atoms with van der Waals surface area (Å²) in [5.41, 5.74) is 0.501. The van der Waals surface area contributed by atoms with Crippen LogP contribution >= 0.6 is 15.9 Å². The number of halogens is 4. The number of nitrogens with one attached hydrogen (secondary N) is 1. The number of urea groups is 1. The number of carbonyl (C=O) groups excluding carboxylic acids is 1. The van der Waals surface area contributed by atoms with E-state index in [0.717, 1.165) is 0 Å². The van der Waals surface area contributed by atoms with Crippen molar-refractivity contribution >= 4 is 27.6 Å². The number of pyridine rings is 1. The Labute approximate surface area is 173 Å². The molecule has 0 aromatic carbocycles. The lowest BCUT2D eigenvalue weighted by Crippen LogP contribution is -2.45. The predicted octanol–water partition coefficient (Wildman–Crippen LogP) is 3.40. The second-order valence-electron chi connectivity index (χ2n) is 7.43. The molecule has 0 unspecified atom stereocenters. The fourth-order valence-electron chi connectivity index (χ4n) is 3.87. The molecule has 0 saturated heterocycles. The Balaban J connectivity index is 1.64. The zero-order valence-corrected chi connectivity index (χ0v) is 17.1. The lowest BCUT2D eigenvalue weighted by molar-refractivity contribution is -0.0250. The first kappa shape index (κ1) is 20.1. The summed E-state index contributed by atoms with van der Waals surface area (Å²) in [6.45, 7) is 1.70. The SMILES string of the molecule is C[C@@H]1Cc2nn3c(c2CN1C(=O)Nc1ccnc(Br)c1F)C(F)(F)CC[C@@H](O)C3. The number of hydrogen-bond acceptors (Lipinski definition) is 4. The molecule has 0 aliphatic carbocycles. The number of hydrogen-bond donors (Lipinski definition) is 2. The van der Waals surface area contributed by atoms with Crippen LogP contribution in [-0.2, 0) is 25.4 Å². The number of nitrogens with zero attached hydrogens (tertiary/aromatic N) is 4. The molecule has 0 radical (unpaired) electrons. The van der Waals surface area contributed by atoms with Crippen LogP contribution in [0, 0.1) is 5.82 Å². The minimum Gasteiger partial charge on any atom is -0.391 e. The Morgan fingerprint density at radius 1 is 1.45 bits per heavy atom. The first-order chi connectivity index (χ1) is 13.7. The van der Waals surface area contributed by atoms with Gasteiger partial charge in [-0.1, -0.05) is 0 Å². The van der Waals surface area contributed by atoms with Crippen LogP contribution in [0.3, 0.4) is 0 Å². The van der Waals surface area contributed by atoms with E-state index in [1.165, 1.54) is 21.8 Å². The molecule has 0 bridgehead atoms. The van der Waals surface area contributed by atoms with Crippen LogP contribution < -0.4 is 5.32 Å². The van der Waals surface area contributed by atoms with E-state index in [-0.39, 0.29) is 48.0 Å². The largest absolute Gasteiger partial charge is 0.391 e. The van der Waals surface area contributed by atoms with E-state index < -0.39 is 30.3 Å². The van der Waals surface area contributed by atoms with Crippen molar-refractivity contribution < 1.29 is 23.1 Å². The molecule has 2 atom stereocenters. The van der Waals surface area contributed by atoms with E-state index in [9.17, 15) is 23.1 Å². The fraction of sp³-hybridized carbons (Fsp3) is 0.500. The van der Waals surface area contributed by atoms with E-state index in [0.29, 0.717) is 11.3 Å². The molecule has 2 aliphatic heterocycles. The van der Waals surface area contributed by atoms with E-state index in [4.69, 9.17) is 0 Å². The molecule has 2 N–H and O–H groups in total. The molecule has 0 saturated carbocycles. The van der Waals surface area contributed by atoms with Crippen LogP contribution in [0.2, 0.25) is 0 Å². The molecule has 0 fully saturated rings. The lowest BCUT2D eigenvalue weighted by atomic mass is 9.96. The second kappa shape index (κ2) is 7.28. The second-order valence-corrected chi connectivity index (χ2v) is 8.18.